The van der Waals surface area contributed by atoms with Gasteiger partial charge in [0.25, 0.3) is 5.91 Å². The van der Waals surface area contributed by atoms with Crippen LogP contribution < -0.4 is 0 Å². The van der Waals surface area contributed by atoms with Crippen LogP contribution in [-0.4, -0.2) is 73.3 Å². The highest BCUT2D eigenvalue weighted by Crippen LogP contribution is 2.39. The summed E-state index contributed by atoms with van der Waals surface area (Å²) >= 11 is 0. The van der Waals surface area contributed by atoms with Crippen molar-refractivity contribution in [3.63, 3.8) is 0 Å². The molecule has 1 atom stereocenters. The molecule has 0 bridgehead atoms. The van der Waals surface area contributed by atoms with Crippen LogP contribution in [0.5, 0.6) is 0 Å². The number of hydrogen-bond donors (Lipinski definition) is 1. The van der Waals surface area contributed by atoms with Gasteiger partial charge in [-0.25, -0.2) is 4.68 Å². The van der Waals surface area contributed by atoms with Crippen molar-refractivity contribution in [3.05, 3.63) is 35.8 Å². The molecular weight excluding hydrogens is 368 g/mol. The summed E-state index contributed by atoms with van der Waals surface area (Å²) in [5, 5.41) is 20.9. The standard InChI is InChI=1S/C20H26N8O/c1-26(2)20(19-23-24-25-28(19)14-7-3-4-8-14)11-12-27(13-20)18(29)17-15-9-5-6-10-16(15)21-22-17/h5-6,9-10,14H,3-4,7-8,11-13H2,1-2H3,(H,21,22). The van der Waals surface area contributed by atoms with E-state index in [1.54, 1.807) is 0 Å². The highest BCUT2D eigenvalue weighted by Gasteiger charge is 2.48. The second kappa shape index (κ2) is 6.91. The number of benzene rings is 1. The highest BCUT2D eigenvalue weighted by molar-refractivity contribution is 6.04. The Morgan fingerprint density at radius 1 is 1.24 bits per heavy atom. The van der Waals surface area contributed by atoms with Crippen LogP contribution in [0, 0.1) is 0 Å². The van der Waals surface area contributed by atoms with Crippen LogP contribution in [0.4, 0.5) is 0 Å². The van der Waals surface area contributed by atoms with Gasteiger partial charge in [0, 0.05) is 18.5 Å². The van der Waals surface area contributed by atoms with E-state index in [1.807, 2.05) is 47.9 Å². The van der Waals surface area contributed by atoms with Gasteiger partial charge in [-0.2, -0.15) is 5.10 Å². The number of likely N-dealkylation sites (N-methyl/N-ethyl adjacent to an activating group) is 1. The van der Waals surface area contributed by atoms with E-state index in [1.165, 1.54) is 12.8 Å². The van der Waals surface area contributed by atoms with Gasteiger partial charge in [-0.15, -0.1) is 5.10 Å². The zero-order chi connectivity index (χ0) is 20.0. The van der Waals surface area contributed by atoms with Gasteiger partial charge in [0.05, 0.1) is 11.6 Å². The van der Waals surface area contributed by atoms with Crippen LogP contribution in [0.3, 0.4) is 0 Å². The monoisotopic (exact) mass is 394 g/mol. The van der Waals surface area contributed by atoms with Gasteiger partial charge in [-0.05, 0) is 49.9 Å². The first kappa shape index (κ1) is 18.2. The number of carbonyl (C=O) groups is 1. The molecule has 1 saturated carbocycles. The zero-order valence-electron chi connectivity index (χ0n) is 16.9. The van der Waals surface area contributed by atoms with Crippen LogP contribution >= 0.6 is 0 Å². The number of nitrogens with zero attached hydrogens (tertiary/aromatic N) is 7. The van der Waals surface area contributed by atoms with E-state index in [-0.39, 0.29) is 5.91 Å². The number of amides is 1. The fourth-order valence-electron chi connectivity index (χ4n) is 4.89. The molecule has 9 nitrogen and oxygen atoms in total. The Morgan fingerprint density at radius 3 is 2.83 bits per heavy atom. The SMILES string of the molecule is CN(C)C1(c2nnnn2C2CCCC2)CCN(C(=O)c2n[nH]c3ccccc23)C1. The molecule has 2 fully saturated rings. The van der Waals surface area contributed by atoms with Crippen LogP contribution in [0.25, 0.3) is 10.9 Å². The van der Waals surface area contributed by atoms with Crippen LogP contribution in [0.2, 0.25) is 0 Å². The van der Waals surface area contributed by atoms with Gasteiger partial charge in [0.1, 0.15) is 5.54 Å². The smallest absolute Gasteiger partial charge is 0.275 e. The molecule has 1 aromatic carbocycles. The number of fused-ring (bicyclic) bond motifs is 1. The van der Waals surface area contributed by atoms with Crippen molar-refractivity contribution in [2.45, 2.75) is 43.7 Å². The summed E-state index contributed by atoms with van der Waals surface area (Å²) in [7, 11) is 4.09. The number of para-hydroxylation sites is 1. The van der Waals surface area contributed by atoms with Crippen molar-refractivity contribution in [2.75, 3.05) is 27.2 Å². The number of hydrogen-bond acceptors (Lipinski definition) is 6. The molecule has 5 rings (SSSR count). The number of H-pyrrole nitrogens is 1. The minimum absolute atomic E-state index is 0.0499. The minimum Gasteiger partial charge on any atom is -0.335 e. The minimum atomic E-state index is -0.395. The van der Waals surface area contributed by atoms with Gasteiger partial charge < -0.3 is 4.90 Å². The Balaban J connectivity index is 1.47. The molecule has 1 aliphatic carbocycles. The molecule has 3 aromatic rings. The van der Waals surface area contributed by atoms with Crippen molar-refractivity contribution in [3.8, 4) is 0 Å². The number of aromatic nitrogens is 6. The van der Waals surface area contributed by atoms with E-state index in [0.29, 0.717) is 24.8 Å². The summed E-state index contributed by atoms with van der Waals surface area (Å²) in [6, 6.07) is 8.09. The number of tetrazole rings is 1. The van der Waals surface area contributed by atoms with Gasteiger partial charge in [0.15, 0.2) is 11.5 Å². The maximum Gasteiger partial charge on any atom is 0.275 e. The highest BCUT2D eigenvalue weighted by atomic mass is 16.2. The summed E-state index contributed by atoms with van der Waals surface area (Å²) in [5.74, 6) is 0.822. The third kappa shape index (κ3) is 2.83. The molecule has 1 unspecified atom stereocenters. The molecule has 1 saturated heterocycles. The second-order valence-corrected chi connectivity index (χ2v) is 8.41. The van der Waals surface area contributed by atoms with E-state index in [2.05, 4.69) is 30.6 Å². The molecule has 2 aromatic heterocycles. The number of aromatic amines is 1. The average Bonchev–Trinajstić information content (AvgIpc) is 3.53. The maximum absolute atomic E-state index is 13.3. The molecule has 2 aliphatic rings. The zero-order valence-corrected chi connectivity index (χ0v) is 16.9. The van der Waals surface area contributed by atoms with Gasteiger partial charge >= 0.3 is 0 Å². The number of rotatable bonds is 4. The molecule has 1 aliphatic heterocycles. The lowest BCUT2D eigenvalue weighted by molar-refractivity contribution is 0.0733. The van der Waals surface area contributed by atoms with Crippen molar-refractivity contribution in [1.29, 1.82) is 0 Å². The fourth-order valence-corrected chi connectivity index (χ4v) is 4.89. The van der Waals surface area contributed by atoms with E-state index >= 15 is 0 Å². The molecule has 152 valence electrons. The molecular formula is C20H26N8O. The molecule has 0 radical (unpaired) electrons. The Hall–Kier alpha value is -2.81. The average molecular weight is 394 g/mol. The third-order valence-electron chi connectivity index (χ3n) is 6.64. The lowest BCUT2D eigenvalue weighted by Crippen LogP contribution is -2.47. The lowest BCUT2D eigenvalue weighted by atomic mass is 9.95. The summed E-state index contributed by atoms with van der Waals surface area (Å²) in [6.07, 6.45) is 5.46. The molecule has 29 heavy (non-hydrogen) atoms. The predicted octanol–water partition coefficient (Wildman–Crippen LogP) is 1.97. The third-order valence-corrected chi connectivity index (χ3v) is 6.64. The Bertz CT molecular complexity index is 1030. The topological polar surface area (TPSA) is 95.8 Å². The van der Waals surface area contributed by atoms with Crippen LogP contribution in [0.1, 0.15) is 54.5 Å². The van der Waals surface area contributed by atoms with Crippen molar-refractivity contribution < 1.29 is 4.79 Å². The first-order chi connectivity index (χ1) is 14.1. The van der Waals surface area contributed by atoms with Crippen LogP contribution in [0.15, 0.2) is 24.3 Å². The summed E-state index contributed by atoms with van der Waals surface area (Å²) < 4.78 is 2.02. The van der Waals surface area contributed by atoms with Crippen molar-refractivity contribution in [2.24, 2.45) is 0 Å². The van der Waals surface area contributed by atoms with E-state index in [9.17, 15) is 4.79 Å². The van der Waals surface area contributed by atoms with Gasteiger partial charge in [0.2, 0.25) is 0 Å². The molecule has 0 spiro atoms. The predicted molar refractivity (Wildman–Crippen MR) is 107 cm³/mol. The summed E-state index contributed by atoms with van der Waals surface area (Å²) in [6.45, 7) is 1.20. The normalized spacial score (nSPS) is 22.9. The summed E-state index contributed by atoms with van der Waals surface area (Å²) in [4.78, 5) is 17.4. The number of carbonyl (C=O) groups excluding carboxylic acids is 1. The quantitative estimate of drug-likeness (QED) is 0.727. The van der Waals surface area contributed by atoms with Crippen LogP contribution in [-0.2, 0) is 5.54 Å². The molecule has 1 N–H and O–H groups in total. The molecule has 3 heterocycles. The molecule has 1 amide bonds. The second-order valence-electron chi connectivity index (χ2n) is 8.41. The van der Waals surface area contributed by atoms with E-state index in [0.717, 1.165) is 36.0 Å². The van der Waals surface area contributed by atoms with Crippen molar-refractivity contribution in [1.82, 2.24) is 40.2 Å². The Morgan fingerprint density at radius 2 is 2.03 bits per heavy atom. The summed E-state index contributed by atoms with van der Waals surface area (Å²) in [5.41, 5.74) is 0.957. The van der Waals surface area contributed by atoms with E-state index in [4.69, 9.17) is 0 Å². The maximum atomic E-state index is 13.3. The molecule has 9 heteroatoms. The van der Waals surface area contributed by atoms with E-state index < -0.39 is 5.54 Å². The van der Waals surface area contributed by atoms with Gasteiger partial charge in [-0.1, -0.05) is 31.0 Å². The number of nitrogens with one attached hydrogen (secondary N) is 1. The lowest BCUT2D eigenvalue weighted by Gasteiger charge is -2.35. The number of likely N-dealkylation sites (tertiary alicyclic amines) is 1. The Labute approximate surface area is 169 Å². The van der Waals surface area contributed by atoms with Gasteiger partial charge in [-0.3, -0.25) is 14.8 Å². The first-order valence-corrected chi connectivity index (χ1v) is 10.3. The van der Waals surface area contributed by atoms with Crippen molar-refractivity contribution >= 4 is 16.8 Å². The Kier molecular flexibility index (Phi) is 4.34. The first-order valence-electron chi connectivity index (χ1n) is 10.3. The fraction of sp³-hybridized carbons (Fsp3) is 0.550. The largest absolute Gasteiger partial charge is 0.335 e.